The first kappa shape index (κ1) is 25.9. The van der Waals surface area contributed by atoms with Gasteiger partial charge in [-0.25, -0.2) is 0 Å². The van der Waals surface area contributed by atoms with Crippen molar-refractivity contribution in [2.24, 2.45) is 0 Å². The van der Waals surface area contributed by atoms with Crippen LogP contribution in [0.2, 0.25) is 0 Å². The second-order valence-corrected chi connectivity index (χ2v) is 12.1. The third-order valence-electron chi connectivity index (χ3n) is 8.18. The smallest absolute Gasteiger partial charge is 0.286 e. The Balaban J connectivity index is 1.18. The van der Waals surface area contributed by atoms with Crippen LogP contribution >= 0.6 is 11.8 Å². The van der Waals surface area contributed by atoms with Crippen LogP contribution in [-0.2, 0) is 17.6 Å². The molecule has 0 aromatic heterocycles. The van der Waals surface area contributed by atoms with E-state index in [0.29, 0.717) is 24.8 Å². The minimum Gasteiger partial charge on any atom is -0.507 e. The lowest BCUT2D eigenvalue weighted by atomic mass is 9.87. The fraction of sp³-hybridized carbons (Fsp3) is 0.517. The maximum atomic E-state index is 11.8. The van der Waals surface area contributed by atoms with Gasteiger partial charge in [0.1, 0.15) is 29.5 Å². The van der Waals surface area contributed by atoms with Gasteiger partial charge in [-0.2, -0.15) is 0 Å². The molecule has 2 amide bonds. The molecule has 2 fully saturated rings. The van der Waals surface area contributed by atoms with Crippen LogP contribution in [0.5, 0.6) is 17.2 Å². The summed E-state index contributed by atoms with van der Waals surface area (Å²) in [5.41, 5.74) is 4.74. The van der Waals surface area contributed by atoms with Crippen molar-refractivity contribution in [1.29, 1.82) is 0 Å². The number of fused-ring (bicyclic) bond motifs is 1. The second-order valence-electron chi connectivity index (χ2n) is 10.9. The number of carbonyl (C=O) groups is 2. The average Bonchev–Trinajstić information content (AvgIpc) is 3.44. The minimum atomic E-state index is -0.357. The highest BCUT2D eigenvalue weighted by Crippen LogP contribution is 2.43. The van der Waals surface area contributed by atoms with E-state index in [1.54, 1.807) is 0 Å². The van der Waals surface area contributed by atoms with Crippen molar-refractivity contribution in [3.05, 3.63) is 52.1 Å². The zero-order chi connectivity index (χ0) is 26.3. The molecule has 2 aromatic carbocycles. The van der Waals surface area contributed by atoms with Crippen molar-refractivity contribution in [1.82, 2.24) is 10.2 Å². The Morgan fingerprint density at radius 3 is 2.62 bits per heavy atom. The Bertz CT molecular complexity index is 1210. The first-order valence-corrected chi connectivity index (χ1v) is 14.0. The van der Waals surface area contributed by atoms with E-state index in [4.69, 9.17) is 9.47 Å². The Kier molecular flexibility index (Phi) is 7.16. The Morgan fingerprint density at radius 1 is 1.16 bits per heavy atom. The first-order valence-electron chi connectivity index (χ1n) is 13.1. The van der Waals surface area contributed by atoms with Crippen LogP contribution in [0.1, 0.15) is 54.0 Å². The maximum absolute atomic E-state index is 11.8. The molecule has 7 nitrogen and oxygen atoms in total. The number of aromatic hydroxyl groups is 1. The zero-order valence-electron chi connectivity index (χ0n) is 22.1. The van der Waals surface area contributed by atoms with Crippen molar-refractivity contribution >= 4 is 22.9 Å². The van der Waals surface area contributed by atoms with E-state index in [0.717, 1.165) is 89.9 Å². The number of phenolic OH excluding ortho intramolecular Hbond substituents is 1. The third-order valence-corrected chi connectivity index (χ3v) is 9.16. The molecule has 0 radical (unpaired) electrons. The lowest BCUT2D eigenvalue weighted by Crippen LogP contribution is -2.50. The standard InChI is InChI=1S/C29H36N2O5S/c1-17-18(2)26-23(19(3)25(17)32)11-12-29(4,36-26)16-31-13-5-6-21(31)15-35-22-9-7-20(8-10-22)14-24-27(33)30-28(34)37-24/h7-10,21,24,32H,5-6,11-16H2,1-4H3,(H,30,33,34)/t21-,24?,29?/m1/s1. The summed E-state index contributed by atoms with van der Waals surface area (Å²) in [4.78, 5) is 25.7. The Hall–Kier alpha value is -2.71. The molecule has 0 spiro atoms. The van der Waals surface area contributed by atoms with Gasteiger partial charge in [-0.3, -0.25) is 19.8 Å². The summed E-state index contributed by atoms with van der Waals surface area (Å²) in [5.74, 6) is 1.94. The molecule has 0 bridgehead atoms. The van der Waals surface area contributed by atoms with Gasteiger partial charge in [0.25, 0.3) is 5.24 Å². The van der Waals surface area contributed by atoms with Gasteiger partial charge in [0, 0.05) is 18.2 Å². The SMILES string of the molecule is Cc1c(C)c2c(c(C)c1O)CCC(C)(CN1CCC[C@@H]1COc1ccc(CC3SC(=O)NC3=O)cc1)O2. The summed E-state index contributed by atoms with van der Waals surface area (Å²) >= 11 is 1.05. The molecule has 3 aliphatic rings. The number of amides is 2. The van der Waals surface area contributed by atoms with Crippen LogP contribution in [0, 0.1) is 20.8 Å². The number of imide groups is 1. The van der Waals surface area contributed by atoms with E-state index < -0.39 is 0 Å². The third kappa shape index (κ3) is 5.32. The van der Waals surface area contributed by atoms with Crippen molar-refractivity contribution in [2.45, 2.75) is 76.7 Å². The molecule has 37 heavy (non-hydrogen) atoms. The normalized spacial score (nSPS) is 25.6. The molecule has 3 heterocycles. The van der Waals surface area contributed by atoms with E-state index in [1.807, 2.05) is 45.0 Å². The van der Waals surface area contributed by atoms with Crippen LogP contribution in [-0.4, -0.2) is 57.7 Å². The predicted octanol–water partition coefficient (Wildman–Crippen LogP) is 4.84. The van der Waals surface area contributed by atoms with Crippen LogP contribution in [0.25, 0.3) is 0 Å². The molecular formula is C29H36N2O5S. The highest BCUT2D eigenvalue weighted by atomic mass is 32.2. The van der Waals surface area contributed by atoms with Crippen LogP contribution in [0.4, 0.5) is 4.79 Å². The van der Waals surface area contributed by atoms with E-state index >= 15 is 0 Å². The van der Waals surface area contributed by atoms with Crippen molar-refractivity contribution in [3.8, 4) is 17.2 Å². The first-order chi connectivity index (χ1) is 17.6. The predicted molar refractivity (Wildman–Crippen MR) is 145 cm³/mol. The summed E-state index contributed by atoms with van der Waals surface area (Å²) in [7, 11) is 0. The van der Waals surface area contributed by atoms with Gasteiger partial charge >= 0.3 is 0 Å². The van der Waals surface area contributed by atoms with E-state index in [9.17, 15) is 14.7 Å². The zero-order valence-corrected chi connectivity index (χ0v) is 22.9. The van der Waals surface area contributed by atoms with Gasteiger partial charge in [0.2, 0.25) is 5.91 Å². The molecule has 2 aromatic rings. The van der Waals surface area contributed by atoms with E-state index in [2.05, 4.69) is 17.1 Å². The second kappa shape index (κ2) is 10.2. The largest absolute Gasteiger partial charge is 0.507 e. The fourth-order valence-electron chi connectivity index (χ4n) is 5.78. The summed E-state index contributed by atoms with van der Waals surface area (Å²) in [6, 6.07) is 8.15. The minimum absolute atomic E-state index is 0.214. The summed E-state index contributed by atoms with van der Waals surface area (Å²) in [5, 5.41) is 12.2. The molecule has 5 rings (SSSR count). The number of thioether (sulfide) groups is 1. The number of nitrogens with zero attached hydrogens (tertiary/aromatic N) is 1. The van der Waals surface area contributed by atoms with Crippen LogP contribution < -0.4 is 14.8 Å². The molecule has 3 aliphatic heterocycles. The van der Waals surface area contributed by atoms with E-state index in [1.165, 1.54) is 0 Å². The summed E-state index contributed by atoms with van der Waals surface area (Å²) in [6.07, 6.45) is 4.58. The highest BCUT2D eigenvalue weighted by molar-refractivity contribution is 8.15. The number of carbonyl (C=O) groups excluding carboxylic acids is 2. The monoisotopic (exact) mass is 524 g/mol. The summed E-state index contributed by atoms with van der Waals surface area (Å²) in [6.45, 7) is 10.7. The average molecular weight is 525 g/mol. The van der Waals surface area contributed by atoms with Gasteiger partial charge in [-0.1, -0.05) is 23.9 Å². The lowest BCUT2D eigenvalue weighted by Gasteiger charge is -2.41. The Morgan fingerprint density at radius 2 is 1.92 bits per heavy atom. The number of hydrogen-bond donors (Lipinski definition) is 2. The van der Waals surface area contributed by atoms with E-state index in [-0.39, 0.29) is 22.0 Å². The number of rotatable bonds is 7. The Labute approximate surface area is 222 Å². The topological polar surface area (TPSA) is 88.1 Å². The van der Waals surface area contributed by atoms with Crippen molar-refractivity contribution in [3.63, 3.8) is 0 Å². The number of likely N-dealkylation sites (tertiary alicyclic amines) is 1. The van der Waals surface area contributed by atoms with Crippen molar-refractivity contribution in [2.75, 3.05) is 19.7 Å². The molecule has 198 valence electrons. The molecule has 8 heteroatoms. The number of benzene rings is 2. The molecule has 2 unspecified atom stereocenters. The number of hydrogen-bond acceptors (Lipinski definition) is 7. The van der Waals surface area contributed by atoms with Gasteiger partial charge in [-0.05, 0) is 101 Å². The summed E-state index contributed by atoms with van der Waals surface area (Å²) < 4.78 is 12.9. The van der Waals surface area contributed by atoms with Gasteiger partial charge in [0.15, 0.2) is 0 Å². The molecule has 0 saturated carbocycles. The van der Waals surface area contributed by atoms with Gasteiger partial charge in [-0.15, -0.1) is 0 Å². The van der Waals surface area contributed by atoms with Gasteiger partial charge in [0.05, 0.1) is 5.25 Å². The number of nitrogens with one attached hydrogen (secondary N) is 1. The van der Waals surface area contributed by atoms with Crippen LogP contribution in [0.3, 0.4) is 0 Å². The van der Waals surface area contributed by atoms with Gasteiger partial charge < -0.3 is 14.6 Å². The van der Waals surface area contributed by atoms with Crippen LogP contribution in [0.15, 0.2) is 24.3 Å². The molecule has 0 aliphatic carbocycles. The number of phenols is 1. The fourth-order valence-corrected chi connectivity index (χ4v) is 6.64. The highest BCUT2D eigenvalue weighted by Gasteiger charge is 2.39. The molecular weight excluding hydrogens is 488 g/mol. The van der Waals surface area contributed by atoms with Crippen molar-refractivity contribution < 1.29 is 24.2 Å². The quantitative estimate of drug-likeness (QED) is 0.536. The maximum Gasteiger partial charge on any atom is 0.286 e. The number of ether oxygens (including phenoxy) is 2. The lowest BCUT2D eigenvalue weighted by molar-refractivity contribution is -0.118. The molecule has 2 N–H and O–H groups in total. The molecule has 3 atom stereocenters. The molecule has 2 saturated heterocycles.